The first-order valence-electron chi connectivity index (χ1n) is 9.77. The van der Waals surface area contributed by atoms with Gasteiger partial charge in [-0.1, -0.05) is 0 Å². The fourth-order valence-corrected chi connectivity index (χ4v) is 3.91. The van der Waals surface area contributed by atoms with E-state index in [2.05, 4.69) is 38.0 Å². The van der Waals surface area contributed by atoms with E-state index >= 15 is 0 Å². The first kappa shape index (κ1) is 18.2. The van der Waals surface area contributed by atoms with Crippen molar-refractivity contribution < 1.29 is 4.74 Å². The molecule has 0 unspecified atom stereocenters. The molecule has 2 aliphatic rings. The van der Waals surface area contributed by atoms with Gasteiger partial charge in [0.1, 0.15) is 5.82 Å². The Labute approximate surface area is 160 Å². The minimum atomic E-state index is 0.516. The minimum absolute atomic E-state index is 0.516. The predicted octanol–water partition coefficient (Wildman–Crippen LogP) is 1.15. The van der Waals surface area contributed by atoms with Gasteiger partial charge < -0.3 is 14.5 Å². The lowest BCUT2D eigenvalue weighted by molar-refractivity contribution is 0.122. The minimum Gasteiger partial charge on any atom is -0.378 e. The predicted molar refractivity (Wildman–Crippen MR) is 105 cm³/mol. The molecule has 2 saturated heterocycles. The van der Waals surface area contributed by atoms with E-state index < -0.39 is 0 Å². The molecule has 4 rings (SSSR count). The highest BCUT2D eigenvalue weighted by atomic mass is 16.5. The maximum absolute atomic E-state index is 5.43. The van der Waals surface area contributed by atoms with Crippen molar-refractivity contribution in [1.82, 2.24) is 24.6 Å². The number of hydrogen-bond acceptors (Lipinski definition) is 7. The third-order valence-corrected chi connectivity index (χ3v) is 5.55. The molecule has 2 aromatic heterocycles. The molecule has 0 saturated carbocycles. The first-order chi connectivity index (χ1) is 13.2. The SMILES string of the molecule is CN(c1ccnc(N2CCOCC2)n1)C1CCN(Cc2cnn(C)c2)CC1. The summed E-state index contributed by atoms with van der Waals surface area (Å²) in [6.45, 7) is 6.41. The Morgan fingerprint density at radius 1 is 1.19 bits per heavy atom. The third kappa shape index (κ3) is 4.39. The van der Waals surface area contributed by atoms with Gasteiger partial charge in [0.15, 0.2) is 0 Å². The van der Waals surface area contributed by atoms with Crippen molar-refractivity contribution in [2.75, 3.05) is 56.2 Å². The van der Waals surface area contributed by atoms with Crippen molar-refractivity contribution in [3.05, 3.63) is 30.2 Å². The van der Waals surface area contributed by atoms with Gasteiger partial charge in [-0.25, -0.2) is 4.98 Å². The van der Waals surface area contributed by atoms with E-state index in [1.165, 1.54) is 5.56 Å². The van der Waals surface area contributed by atoms with Gasteiger partial charge in [0.2, 0.25) is 5.95 Å². The van der Waals surface area contributed by atoms with E-state index in [9.17, 15) is 0 Å². The van der Waals surface area contributed by atoms with Crippen molar-refractivity contribution >= 4 is 11.8 Å². The molecule has 2 aromatic rings. The second-order valence-electron chi connectivity index (χ2n) is 7.45. The van der Waals surface area contributed by atoms with Crippen LogP contribution in [-0.2, 0) is 18.3 Å². The fraction of sp³-hybridized carbons (Fsp3) is 0.632. The number of nitrogens with zero attached hydrogens (tertiary/aromatic N) is 7. The molecule has 0 aliphatic carbocycles. The fourth-order valence-electron chi connectivity index (χ4n) is 3.91. The highest BCUT2D eigenvalue weighted by Crippen LogP contribution is 2.23. The largest absolute Gasteiger partial charge is 0.378 e. The van der Waals surface area contributed by atoms with Gasteiger partial charge >= 0.3 is 0 Å². The Bertz CT molecular complexity index is 735. The molecule has 2 fully saturated rings. The normalized spacial score (nSPS) is 19.4. The topological polar surface area (TPSA) is 62.6 Å². The quantitative estimate of drug-likeness (QED) is 0.781. The van der Waals surface area contributed by atoms with E-state index in [1.807, 2.05) is 30.2 Å². The Morgan fingerprint density at radius 3 is 2.67 bits per heavy atom. The summed E-state index contributed by atoms with van der Waals surface area (Å²) >= 11 is 0. The molecule has 27 heavy (non-hydrogen) atoms. The van der Waals surface area contributed by atoms with Crippen LogP contribution in [0.1, 0.15) is 18.4 Å². The molecule has 0 bridgehead atoms. The Morgan fingerprint density at radius 2 is 1.96 bits per heavy atom. The summed E-state index contributed by atoms with van der Waals surface area (Å²) < 4.78 is 7.30. The van der Waals surface area contributed by atoms with Gasteiger partial charge in [0, 0.05) is 70.8 Å². The van der Waals surface area contributed by atoms with Crippen LogP contribution in [-0.4, -0.2) is 77.1 Å². The number of rotatable bonds is 5. The summed E-state index contributed by atoms with van der Waals surface area (Å²) in [5.41, 5.74) is 1.29. The summed E-state index contributed by atoms with van der Waals surface area (Å²) in [4.78, 5) is 16.3. The van der Waals surface area contributed by atoms with E-state index in [0.29, 0.717) is 6.04 Å². The van der Waals surface area contributed by atoms with Crippen LogP contribution >= 0.6 is 0 Å². The number of piperidine rings is 1. The first-order valence-corrected chi connectivity index (χ1v) is 9.77. The van der Waals surface area contributed by atoms with Crippen LogP contribution in [0.4, 0.5) is 11.8 Å². The number of ether oxygens (including phenoxy) is 1. The number of anilines is 2. The lowest BCUT2D eigenvalue weighted by Gasteiger charge is -2.37. The molecule has 0 radical (unpaired) electrons. The zero-order chi connectivity index (χ0) is 18.6. The van der Waals surface area contributed by atoms with Gasteiger partial charge in [-0.15, -0.1) is 0 Å². The van der Waals surface area contributed by atoms with Crippen LogP contribution in [0.25, 0.3) is 0 Å². The monoisotopic (exact) mass is 371 g/mol. The number of hydrogen-bond donors (Lipinski definition) is 0. The maximum atomic E-state index is 5.43. The van der Waals surface area contributed by atoms with Gasteiger partial charge in [0.25, 0.3) is 0 Å². The lowest BCUT2D eigenvalue weighted by Crippen LogP contribution is -2.43. The molecule has 8 nitrogen and oxygen atoms in total. The van der Waals surface area contributed by atoms with Crippen LogP contribution in [0.15, 0.2) is 24.7 Å². The van der Waals surface area contributed by atoms with E-state index in [-0.39, 0.29) is 0 Å². The molecule has 4 heterocycles. The van der Waals surface area contributed by atoms with Crippen LogP contribution in [0.5, 0.6) is 0 Å². The number of aromatic nitrogens is 4. The Balaban J connectivity index is 1.34. The molecule has 0 atom stereocenters. The maximum Gasteiger partial charge on any atom is 0.227 e. The van der Waals surface area contributed by atoms with E-state index in [1.54, 1.807) is 0 Å². The van der Waals surface area contributed by atoms with Crippen molar-refractivity contribution in [3.63, 3.8) is 0 Å². The van der Waals surface area contributed by atoms with Gasteiger partial charge in [-0.2, -0.15) is 10.1 Å². The number of likely N-dealkylation sites (tertiary alicyclic amines) is 1. The molecule has 2 aliphatic heterocycles. The third-order valence-electron chi connectivity index (χ3n) is 5.55. The second kappa shape index (κ2) is 8.22. The molecular weight excluding hydrogens is 342 g/mol. The smallest absolute Gasteiger partial charge is 0.227 e. The van der Waals surface area contributed by atoms with Gasteiger partial charge in [0.05, 0.1) is 19.4 Å². The van der Waals surface area contributed by atoms with Crippen molar-refractivity contribution in [2.45, 2.75) is 25.4 Å². The van der Waals surface area contributed by atoms with E-state index in [4.69, 9.17) is 9.72 Å². The van der Waals surface area contributed by atoms with Crippen LogP contribution < -0.4 is 9.80 Å². The molecule has 0 amide bonds. The zero-order valence-corrected chi connectivity index (χ0v) is 16.3. The summed E-state index contributed by atoms with van der Waals surface area (Å²) in [6.07, 6.45) is 8.24. The highest BCUT2D eigenvalue weighted by Gasteiger charge is 2.24. The highest BCUT2D eigenvalue weighted by molar-refractivity contribution is 5.44. The van der Waals surface area contributed by atoms with Crippen LogP contribution in [0.2, 0.25) is 0 Å². The molecule has 146 valence electrons. The molecule has 8 heteroatoms. The Kier molecular flexibility index (Phi) is 5.54. The molecule has 0 N–H and O–H groups in total. The van der Waals surface area contributed by atoms with E-state index in [0.717, 1.165) is 70.5 Å². The van der Waals surface area contributed by atoms with Crippen molar-refractivity contribution in [2.24, 2.45) is 7.05 Å². The summed E-state index contributed by atoms with van der Waals surface area (Å²) in [7, 11) is 4.13. The standard InChI is InChI=1S/C19H29N7O/c1-23-14-16(13-21-23)15-25-7-4-17(5-8-25)24(2)18-3-6-20-19(22-18)26-9-11-27-12-10-26/h3,6,13-14,17H,4-5,7-12,15H2,1-2H3. The molecule has 0 aromatic carbocycles. The number of aryl methyl sites for hydroxylation is 1. The van der Waals surface area contributed by atoms with Crippen molar-refractivity contribution in [3.8, 4) is 0 Å². The second-order valence-corrected chi connectivity index (χ2v) is 7.45. The summed E-state index contributed by atoms with van der Waals surface area (Å²) in [5.74, 6) is 1.83. The Hall–Kier alpha value is -2.19. The molecular formula is C19H29N7O. The van der Waals surface area contributed by atoms with Crippen LogP contribution in [0, 0.1) is 0 Å². The molecule has 0 spiro atoms. The van der Waals surface area contributed by atoms with Gasteiger partial charge in [-0.05, 0) is 18.9 Å². The lowest BCUT2D eigenvalue weighted by atomic mass is 10.0. The number of morpholine rings is 1. The van der Waals surface area contributed by atoms with Crippen LogP contribution in [0.3, 0.4) is 0 Å². The average Bonchev–Trinajstić information content (AvgIpc) is 3.13. The average molecular weight is 371 g/mol. The summed E-state index contributed by atoms with van der Waals surface area (Å²) in [6, 6.07) is 2.54. The van der Waals surface area contributed by atoms with Gasteiger partial charge in [-0.3, -0.25) is 9.58 Å². The zero-order valence-electron chi connectivity index (χ0n) is 16.3. The summed E-state index contributed by atoms with van der Waals surface area (Å²) in [5, 5.41) is 4.27. The van der Waals surface area contributed by atoms with Crippen molar-refractivity contribution in [1.29, 1.82) is 0 Å².